The quantitative estimate of drug-likeness (QED) is 0.868. The minimum atomic E-state index is -0.0628. The maximum absolute atomic E-state index is 12.6. The van der Waals surface area contributed by atoms with Crippen LogP contribution in [0.15, 0.2) is 24.3 Å². The van der Waals surface area contributed by atoms with Gasteiger partial charge in [0.2, 0.25) is 5.91 Å². The molecule has 3 nitrogen and oxygen atoms in total. The predicted octanol–water partition coefficient (Wildman–Crippen LogP) is 2.42. The van der Waals surface area contributed by atoms with Crippen LogP contribution in [0.2, 0.25) is 0 Å². The van der Waals surface area contributed by atoms with Crippen LogP contribution in [0.4, 0.5) is 0 Å². The Morgan fingerprint density at radius 2 is 1.85 bits per heavy atom. The van der Waals surface area contributed by atoms with Crippen LogP contribution in [0, 0.1) is 10.8 Å². The second-order valence-corrected chi connectivity index (χ2v) is 7.27. The summed E-state index contributed by atoms with van der Waals surface area (Å²) in [4.78, 5) is 12.6. The molecule has 0 saturated heterocycles. The second-order valence-electron chi connectivity index (χ2n) is 7.27. The third-order valence-electron chi connectivity index (χ3n) is 5.72. The van der Waals surface area contributed by atoms with E-state index in [0.29, 0.717) is 0 Å². The summed E-state index contributed by atoms with van der Waals surface area (Å²) in [7, 11) is 0. The van der Waals surface area contributed by atoms with Gasteiger partial charge in [0.05, 0.1) is 5.92 Å². The smallest absolute Gasteiger partial charge is 0.229 e. The van der Waals surface area contributed by atoms with Crippen LogP contribution in [0.3, 0.4) is 0 Å². The Morgan fingerprint density at radius 3 is 2.50 bits per heavy atom. The van der Waals surface area contributed by atoms with Crippen LogP contribution in [0.5, 0.6) is 0 Å². The zero-order chi connectivity index (χ0) is 14.5. The fourth-order valence-corrected chi connectivity index (χ4v) is 3.53. The number of carbonyl (C=O) groups excluding carboxylic acids is 1. The molecule has 1 aromatic carbocycles. The number of fused-ring (bicyclic) bond motifs is 1. The zero-order valence-corrected chi connectivity index (χ0v) is 12.8. The molecule has 1 saturated carbocycles. The summed E-state index contributed by atoms with van der Waals surface area (Å²) < 4.78 is 0. The number of hydrogen-bond donors (Lipinski definition) is 2. The molecule has 1 aliphatic heterocycles. The molecule has 108 valence electrons. The molecule has 1 amide bonds. The lowest BCUT2D eigenvalue weighted by Crippen LogP contribution is -2.41. The maximum atomic E-state index is 12.6. The molecule has 0 bridgehead atoms. The fraction of sp³-hybridized carbons (Fsp3) is 0.588. The van der Waals surface area contributed by atoms with Gasteiger partial charge in [0.25, 0.3) is 0 Å². The highest BCUT2D eigenvalue weighted by molar-refractivity contribution is 5.85. The number of carbonyl (C=O) groups is 1. The summed E-state index contributed by atoms with van der Waals surface area (Å²) in [5.74, 6) is 0.0976. The highest BCUT2D eigenvalue weighted by Gasteiger charge is 2.65. The van der Waals surface area contributed by atoms with Crippen molar-refractivity contribution >= 4 is 5.91 Å². The average Bonchev–Trinajstić information content (AvgIpc) is 2.80. The van der Waals surface area contributed by atoms with Gasteiger partial charge in [-0.15, -0.1) is 0 Å². The van der Waals surface area contributed by atoms with Gasteiger partial charge < -0.3 is 10.6 Å². The lowest BCUT2D eigenvalue weighted by Gasteiger charge is -2.26. The van der Waals surface area contributed by atoms with Gasteiger partial charge in [-0.3, -0.25) is 4.79 Å². The van der Waals surface area contributed by atoms with Crippen molar-refractivity contribution in [2.45, 2.75) is 46.2 Å². The van der Waals surface area contributed by atoms with E-state index in [4.69, 9.17) is 0 Å². The van der Waals surface area contributed by atoms with E-state index in [2.05, 4.69) is 50.5 Å². The van der Waals surface area contributed by atoms with Crippen LogP contribution in [-0.2, 0) is 11.3 Å². The lowest BCUT2D eigenvalue weighted by molar-refractivity contribution is -0.123. The molecule has 3 rings (SSSR count). The van der Waals surface area contributed by atoms with E-state index in [9.17, 15) is 4.79 Å². The van der Waals surface area contributed by atoms with Crippen molar-refractivity contribution in [3.05, 3.63) is 35.4 Å². The third kappa shape index (κ3) is 1.87. The molecule has 20 heavy (non-hydrogen) atoms. The minimum Gasteiger partial charge on any atom is -0.352 e. The van der Waals surface area contributed by atoms with Gasteiger partial charge >= 0.3 is 0 Å². The standard InChI is InChI=1S/C17H24N2O/c1-16(2)15(17(16,3)4)19-14(20)13-10-18-9-11-7-5-6-8-12(11)13/h5-8,13,15,18H,9-10H2,1-4H3,(H,19,20). The summed E-state index contributed by atoms with van der Waals surface area (Å²) in [6.07, 6.45) is 0. The van der Waals surface area contributed by atoms with Crippen LogP contribution < -0.4 is 10.6 Å². The van der Waals surface area contributed by atoms with Gasteiger partial charge in [0.1, 0.15) is 0 Å². The first-order chi connectivity index (χ1) is 9.35. The number of amides is 1. The van der Waals surface area contributed by atoms with Gasteiger partial charge in [-0.2, -0.15) is 0 Å². The monoisotopic (exact) mass is 272 g/mol. The fourth-order valence-electron chi connectivity index (χ4n) is 3.53. The van der Waals surface area contributed by atoms with E-state index in [1.165, 1.54) is 11.1 Å². The van der Waals surface area contributed by atoms with E-state index in [0.717, 1.165) is 13.1 Å². The molecular formula is C17H24N2O. The van der Waals surface area contributed by atoms with Crippen LogP contribution in [0.25, 0.3) is 0 Å². The molecule has 2 N–H and O–H groups in total. The number of nitrogens with one attached hydrogen (secondary N) is 2. The Labute approximate surface area is 121 Å². The Bertz CT molecular complexity index is 534. The van der Waals surface area contributed by atoms with Crippen molar-refractivity contribution in [1.29, 1.82) is 0 Å². The molecule has 0 radical (unpaired) electrons. The normalized spacial score (nSPS) is 26.7. The van der Waals surface area contributed by atoms with E-state index < -0.39 is 0 Å². The van der Waals surface area contributed by atoms with E-state index in [-0.39, 0.29) is 28.7 Å². The van der Waals surface area contributed by atoms with E-state index in [1.54, 1.807) is 0 Å². The van der Waals surface area contributed by atoms with Crippen molar-refractivity contribution in [2.75, 3.05) is 6.54 Å². The van der Waals surface area contributed by atoms with Gasteiger partial charge in [-0.05, 0) is 22.0 Å². The Kier molecular flexibility index (Phi) is 2.94. The SMILES string of the molecule is CC1(C)C(NC(=O)C2CNCc3ccccc32)C1(C)C. The average molecular weight is 272 g/mol. The first kappa shape index (κ1) is 13.6. The first-order valence-corrected chi connectivity index (χ1v) is 7.44. The Balaban J connectivity index is 1.77. The zero-order valence-electron chi connectivity index (χ0n) is 12.8. The van der Waals surface area contributed by atoms with E-state index >= 15 is 0 Å². The summed E-state index contributed by atoms with van der Waals surface area (Å²) in [5, 5.41) is 6.61. The van der Waals surface area contributed by atoms with Gasteiger partial charge in [0, 0.05) is 19.1 Å². The molecule has 0 spiro atoms. The molecule has 0 aromatic heterocycles. The molecule has 1 heterocycles. The molecule has 1 aromatic rings. The molecule has 1 fully saturated rings. The Morgan fingerprint density at radius 1 is 1.20 bits per heavy atom. The molecule has 2 aliphatic rings. The predicted molar refractivity (Wildman–Crippen MR) is 80.4 cm³/mol. The summed E-state index contributed by atoms with van der Waals surface area (Å²) in [5.41, 5.74) is 2.79. The topological polar surface area (TPSA) is 41.1 Å². The summed E-state index contributed by atoms with van der Waals surface area (Å²) in [6.45, 7) is 10.5. The Hall–Kier alpha value is -1.35. The van der Waals surface area contributed by atoms with Crippen LogP contribution >= 0.6 is 0 Å². The van der Waals surface area contributed by atoms with Crippen LogP contribution in [-0.4, -0.2) is 18.5 Å². The van der Waals surface area contributed by atoms with Crippen LogP contribution in [0.1, 0.15) is 44.7 Å². The number of benzene rings is 1. The summed E-state index contributed by atoms with van der Waals surface area (Å²) >= 11 is 0. The largest absolute Gasteiger partial charge is 0.352 e. The molecule has 1 unspecified atom stereocenters. The maximum Gasteiger partial charge on any atom is 0.229 e. The van der Waals surface area contributed by atoms with Crippen molar-refractivity contribution in [2.24, 2.45) is 10.8 Å². The first-order valence-electron chi connectivity index (χ1n) is 7.44. The molecular weight excluding hydrogens is 248 g/mol. The lowest BCUT2D eigenvalue weighted by atomic mass is 9.90. The van der Waals surface area contributed by atoms with Crippen molar-refractivity contribution in [3.63, 3.8) is 0 Å². The molecule has 1 atom stereocenters. The number of rotatable bonds is 2. The van der Waals surface area contributed by atoms with Crippen molar-refractivity contribution in [1.82, 2.24) is 10.6 Å². The minimum absolute atomic E-state index is 0.0628. The molecule has 1 aliphatic carbocycles. The number of hydrogen-bond acceptors (Lipinski definition) is 2. The third-order valence-corrected chi connectivity index (χ3v) is 5.72. The van der Waals surface area contributed by atoms with Crippen molar-refractivity contribution in [3.8, 4) is 0 Å². The second kappa shape index (κ2) is 4.32. The molecule has 3 heteroatoms. The highest BCUT2D eigenvalue weighted by atomic mass is 16.2. The van der Waals surface area contributed by atoms with E-state index in [1.807, 2.05) is 12.1 Å². The van der Waals surface area contributed by atoms with Gasteiger partial charge in [0.15, 0.2) is 0 Å². The highest BCUT2D eigenvalue weighted by Crippen LogP contribution is 2.62. The van der Waals surface area contributed by atoms with Crippen molar-refractivity contribution < 1.29 is 4.79 Å². The summed E-state index contributed by atoms with van der Waals surface area (Å²) in [6, 6.07) is 8.52. The van der Waals surface area contributed by atoms with Gasteiger partial charge in [-0.25, -0.2) is 0 Å². The van der Waals surface area contributed by atoms with Gasteiger partial charge in [-0.1, -0.05) is 52.0 Å².